The van der Waals surface area contributed by atoms with E-state index in [2.05, 4.69) is 49.2 Å². The van der Waals surface area contributed by atoms with E-state index in [-0.39, 0.29) is 12.3 Å². The summed E-state index contributed by atoms with van der Waals surface area (Å²) in [5.41, 5.74) is 3.49. The van der Waals surface area contributed by atoms with Crippen LogP contribution in [0, 0.1) is 5.92 Å². The van der Waals surface area contributed by atoms with E-state index in [0.717, 1.165) is 29.2 Å². The van der Waals surface area contributed by atoms with Crippen molar-refractivity contribution in [1.29, 1.82) is 0 Å². The molecule has 0 radical (unpaired) electrons. The summed E-state index contributed by atoms with van der Waals surface area (Å²) in [5.74, 6) is 2.25. The Morgan fingerprint density at radius 1 is 1.16 bits per heavy atom. The summed E-state index contributed by atoms with van der Waals surface area (Å²) in [6.07, 6.45) is 0.873. The smallest absolute Gasteiger partial charge is 0.190 e. The van der Waals surface area contributed by atoms with Crippen LogP contribution in [0.3, 0.4) is 0 Å². The Kier molecular flexibility index (Phi) is 4.12. The van der Waals surface area contributed by atoms with E-state index >= 15 is 0 Å². The molecule has 2 aromatic carbocycles. The fourth-order valence-corrected chi connectivity index (χ4v) is 3.59. The van der Waals surface area contributed by atoms with Crippen LogP contribution in [0.2, 0.25) is 0 Å². The molecular formula is C21H24N2O2. The summed E-state index contributed by atoms with van der Waals surface area (Å²) in [4.78, 5) is 0. The standard InChI is InChI=1S/C21H24N2O2/c1-4-24-16-11-9-15(10-12-16)18-13-19-17-7-5-6-8-20(17)25-21(14(2)3)23(19)22-18/h5-12,14,19,21H,4,13H2,1-3H3/t19-,21-/m0/s1. The molecule has 0 saturated carbocycles. The largest absolute Gasteiger partial charge is 0.494 e. The fourth-order valence-electron chi connectivity index (χ4n) is 3.59. The zero-order chi connectivity index (χ0) is 17.4. The van der Waals surface area contributed by atoms with Crippen molar-refractivity contribution in [3.05, 3.63) is 59.7 Å². The molecular weight excluding hydrogens is 312 g/mol. The van der Waals surface area contributed by atoms with Crippen LogP contribution in [0.1, 0.15) is 44.4 Å². The Balaban J connectivity index is 1.66. The Morgan fingerprint density at radius 2 is 1.92 bits per heavy atom. The topological polar surface area (TPSA) is 34.1 Å². The van der Waals surface area contributed by atoms with Crippen molar-refractivity contribution < 1.29 is 9.47 Å². The molecule has 0 aromatic heterocycles. The van der Waals surface area contributed by atoms with Gasteiger partial charge in [-0.25, -0.2) is 5.01 Å². The number of rotatable bonds is 4. The number of para-hydroxylation sites is 1. The quantitative estimate of drug-likeness (QED) is 0.817. The highest BCUT2D eigenvalue weighted by molar-refractivity contribution is 6.02. The third-order valence-corrected chi connectivity index (χ3v) is 4.80. The van der Waals surface area contributed by atoms with Crippen LogP contribution in [-0.4, -0.2) is 23.6 Å². The first-order chi connectivity index (χ1) is 12.2. The highest BCUT2D eigenvalue weighted by atomic mass is 16.5. The molecule has 0 bridgehead atoms. The summed E-state index contributed by atoms with van der Waals surface area (Å²) < 4.78 is 11.8. The molecule has 4 heteroatoms. The summed E-state index contributed by atoms with van der Waals surface area (Å²) in [7, 11) is 0. The molecule has 0 aliphatic carbocycles. The monoisotopic (exact) mass is 336 g/mol. The maximum absolute atomic E-state index is 6.24. The summed E-state index contributed by atoms with van der Waals surface area (Å²) in [6, 6.07) is 16.8. The van der Waals surface area contributed by atoms with Crippen molar-refractivity contribution in [3.8, 4) is 11.5 Å². The molecule has 2 aliphatic rings. The lowest BCUT2D eigenvalue weighted by molar-refractivity contribution is -0.0461. The maximum Gasteiger partial charge on any atom is 0.190 e. The van der Waals surface area contributed by atoms with Crippen LogP contribution >= 0.6 is 0 Å². The maximum atomic E-state index is 6.24. The van der Waals surface area contributed by atoms with Gasteiger partial charge in [0.2, 0.25) is 0 Å². The molecule has 2 atom stereocenters. The molecule has 0 fully saturated rings. The lowest BCUT2D eigenvalue weighted by atomic mass is 9.95. The number of nitrogens with zero attached hydrogens (tertiary/aromatic N) is 2. The van der Waals surface area contributed by atoms with Crippen LogP contribution < -0.4 is 9.47 Å². The second-order valence-electron chi connectivity index (χ2n) is 6.89. The molecule has 2 heterocycles. The molecule has 0 amide bonds. The minimum absolute atomic E-state index is 0.0277. The van der Waals surface area contributed by atoms with E-state index in [4.69, 9.17) is 14.6 Å². The van der Waals surface area contributed by atoms with Crippen molar-refractivity contribution in [2.75, 3.05) is 6.61 Å². The zero-order valence-corrected chi connectivity index (χ0v) is 15.0. The van der Waals surface area contributed by atoms with Crippen molar-refractivity contribution >= 4 is 5.71 Å². The van der Waals surface area contributed by atoms with Crippen LogP contribution in [-0.2, 0) is 0 Å². The van der Waals surface area contributed by atoms with Gasteiger partial charge in [0.1, 0.15) is 11.5 Å². The molecule has 0 unspecified atom stereocenters. The first-order valence-corrected chi connectivity index (χ1v) is 9.02. The molecule has 2 aliphatic heterocycles. The molecule has 130 valence electrons. The Morgan fingerprint density at radius 3 is 2.64 bits per heavy atom. The molecule has 25 heavy (non-hydrogen) atoms. The highest BCUT2D eigenvalue weighted by Crippen LogP contribution is 2.44. The van der Waals surface area contributed by atoms with E-state index in [1.54, 1.807) is 0 Å². The number of benzene rings is 2. The fraction of sp³-hybridized carbons (Fsp3) is 0.381. The SMILES string of the molecule is CCOc1ccc(C2=NN3[C@@H](C2)c2ccccc2O[C@H]3C(C)C)cc1. The molecule has 4 rings (SSSR count). The van der Waals surface area contributed by atoms with Crippen molar-refractivity contribution in [1.82, 2.24) is 5.01 Å². The minimum atomic E-state index is -0.0277. The van der Waals surface area contributed by atoms with Gasteiger partial charge >= 0.3 is 0 Å². The predicted octanol–water partition coefficient (Wildman–Crippen LogP) is 4.61. The van der Waals surface area contributed by atoms with Crippen LogP contribution in [0.15, 0.2) is 53.6 Å². The number of hydrazone groups is 1. The second-order valence-corrected chi connectivity index (χ2v) is 6.89. The summed E-state index contributed by atoms with van der Waals surface area (Å²) in [6.45, 7) is 7.04. The Bertz CT molecular complexity index is 783. The van der Waals surface area contributed by atoms with Gasteiger partial charge in [0, 0.05) is 17.9 Å². The Labute approximate surface area is 149 Å². The van der Waals surface area contributed by atoms with Gasteiger partial charge in [-0.05, 0) is 42.8 Å². The number of ether oxygens (including phenoxy) is 2. The average Bonchev–Trinajstić information content (AvgIpc) is 3.07. The normalized spacial score (nSPS) is 21.4. The molecule has 0 N–H and O–H groups in total. The molecule has 4 nitrogen and oxygen atoms in total. The van der Waals surface area contributed by atoms with E-state index in [1.807, 2.05) is 25.1 Å². The summed E-state index contributed by atoms with van der Waals surface area (Å²) in [5, 5.41) is 7.09. The number of hydrogen-bond acceptors (Lipinski definition) is 4. The van der Waals surface area contributed by atoms with Crippen LogP contribution in [0.25, 0.3) is 0 Å². The molecule has 2 aromatic rings. The van der Waals surface area contributed by atoms with Gasteiger partial charge in [-0.3, -0.25) is 0 Å². The predicted molar refractivity (Wildman–Crippen MR) is 99.0 cm³/mol. The molecule has 0 saturated heterocycles. The van der Waals surface area contributed by atoms with E-state index in [9.17, 15) is 0 Å². The third-order valence-electron chi connectivity index (χ3n) is 4.80. The van der Waals surface area contributed by atoms with Crippen LogP contribution in [0.5, 0.6) is 11.5 Å². The van der Waals surface area contributed by atoms with Gasteiger partial charge in [0.05, 0.1) is 18.4 Å². The van der Waals surface area contributed by atoms with Gasteiger partial charge in [-0.15, -0.1) is 0 Å². The summed E-state index contributed by atoms with van der Waals surface area (Å²) >= 11 is 0. The first-order valence-electron chi connectivity index (χ1n) is 9.02. The lowest BCUT2D eigenvalue weighted by Crippen LogP contribution is -2.43. The first kappa shape index (κ1) is 16.0. The van der Waals surface area contributed by atoms with Gasteiger partial charge < -0.3 is 9.47 Å². The second kappa shape index (κ2) is 6.43. The van der Waals surface area contributed by atoms with E-state index < -0.39 is 0 Å². The van der Waals surface area contributed by atoms with E-state index in [1.165, 1.54) is 5.56 Å². The number of hydrogen-bond donors (Lipinski definition) is 0. The van der Waals surface area contributed by atoms with Crippen molar-refractivity contribution in [2.45, 2.75) is 39.5 Å². The minimum Gasteiger partial charge on any atom is -0.494 e. The Hall–Kier alpha value is -2.49. The van der Waals surface area contributed by atoms with Crippen molar-refractivity contribution in [3.63, 3.8) is 0 Å². The van der Waals surface area contributed by atoms with Gasteiger partial charge in [0.25, 0.3) is 0 Å². The number of fused-ring (bicyclic) bond motifs is 3. The zero-order valence-electron chi connectivity index (χ0n) is 15.0. The van der Waals surface area contributed by atoms with Gasteiger partial charge in [-0.2, -0.15) is 5.10 Å². The van der Waals surface area contributed by atoms with E-state index in [0.29, 0.717) is 12.5 Å². The average molecular weight is 336 g/mol. The molecule has 0 spiro atoms. The van der Waals surface area contributed by atoms with Crippen LogP contribution in [0.4, 0.5) is 0 Å². The van der Waals surface area contributed by atoms with Gasteiger partial charge in [-0.1, -0.05) is 32.0 Å². The van der Waals surface area contributed by atoms with Crippen molar-refractivity contribution in [2.24, 2.45) is 11.0 Å². The third kappa shape index (κ3) is 2.86. The highest BCUT2D eigenvalue weighted by Gasteiger charge is 2.41. The lowest BCUT2D eigenvalue weighted by Gasteiger charge is -2.39. The van der Waals surface area contributed by atoms with Gasteiger partial charge in [0.15, 0.2) is 6.23 Å².